The number of carbonyl (C=O) groups excluding carboxylic acids is 2. The van der Waals surface area contributed by atoms with Crippen LogP contribution in [0.25, 0.3) is 0 Å². The molecule has 126 valence electrons. The predicted molar refractivity (Wildman–Crippen MR) is 95.0 cm³/mol. The summed E-state index contributed by atoms with van der Waals surface area (Å²) >= 11 is 8.92. The van der Waals surface area contributed by atoms with Gasteiger partial charge in [-0.1, -0.05) is 12.1 Å². The summed E-state index contributed by atoms with van der Waals surface area (Å²) < 4.78 is 0.546. The van der Waals surface area contributed by atoms with Gasteiger partial charge in [0.2, 0.25) is 0 Å². The summed E-state index contributed by atoms with van der Waals surface area (Å²) in [7, 11) is 1.41. The van der Waals surface area contributed by atoms with E-state index in [4.69, 9.17) is 17.3 Å². The van der Waals surface area contributed by atoms with Crippen LogP contribution in [0.5, 0.6) is 0 Å². The second kappa shape index (κ2) is 8.31. The predicted octanol–water partition coefficient (Wildman–Crippen LogP) is 2.72. The van der Waals surface area contributed by atoms with Gasteiger partial charge in [0.25, 0.3) is 5.91 Å². The first-order valence-electron chi connectivity index (χ1n) is 6.86. The zero-order valence-corrected chi connectivity index (χ0v) is 15.5. The van der Waals surface area contributed by atoms with Crippen LogP contribution in [0, 0.1) is 0 Å². The fourth-order valence-corrected chi connectivity index (χ4v) is 2.58. The first-order chi connectivity index (χ1) is 10.8. The van der Waals surface area contributed by atoms with E-state index >= 15 is 0 Å². The summed E-state index contributed by atoms with van der Waals surface area (Å²) in [5.74, 6) is -0.812. The summed E-state index contributed by atoms with van der Waals surface area (Å²) in [4.78, 5) is 29.1. The highest BCUT2D eigenvalue weighted by atomic mass is 79.9. The average Bonchev–Trinajstić information content (AvgIpc) is 2.54. The topological polar surface area (TPSA) is 93.8 Å². The maximum atomic E-state index is 12.5. The molecule has 3 N–H and O–H groups in total. The standard InChI is InChI=1S/C15H19BrClN3O3/c1-4-15(2,12(21)7-17)20-14(22)9-5-10(8-19-23-3)13(18)11(16)6-9/h5-6,8H,4,7,18H2,1-3H3,(H,20,22)/b19-8+. The highest BCUT2D eigenvalue weighted by Gasteiger charge is 2.32. The van der Waals surface area contributed by atoms with Gasteiger partial charge in [0.1, 0.15) is 7.11 Å². The Kier molecular flexibility index (Phi) is 7.02. The van der Waals surface area contributed by atoms with E-state index in [1.165, 1.54) is 13.3 Å². The molecule has 0 heterocycles. The van der Waals surface area contributed by atoms with Crippen LogP contribution < -0.4 is 11.1 Å². The minimum Gasteiger partial charge on any atom is -0.399 e. The minimum absolute atomic E-state index is 0.165. The molecule has 1 aromatic carbocycles. The molecular weight excluding hydrogens is 386 g/mol. The Balaban J connectivity index is 3.15. The Morgan fingerprint density at radius 1 is 1.52 bits per heavy atom. The van der Waals surface area contributed by atoms with Crippen LogP contribution in [0.1, 0.15) is 36.2 Å². The highest BCUT2D eigenvalue weighted by molar-refractivity contribution is 9.10. The van der Waals surface area contributed by atoms with Crippen molar-refractivity contribution in [2.24, 2.45) is 5.16 Å². The lowest BCUT2D eigenvalue weighted by Crippen LogP contribution is -2.52. The van der Waals surface area contributed by atoms with Gasteiger partial charge < -0.3 is 15.9 Å². The maximum Gasteiger partial charge on any atom is 0.252 e. The van der Waals surface area contributed by atoms with E-state index in [-0.39, 0.29) is 11.7 Å². The van der Waals surface area contributed by atoms with Gasteiger partial charge in [-0.2, -0.15) is 0 Å². The zero-order chi connectivity index (χ0) is 17.6. The maximum absolute atomic E-state index is 12.5. The number of ketones is 1. The van der Waals surface area contributed by atoms with Crippen molar-refractivity contribution >= 4 is 51.1 Å². The summed E-state index contributed by atoms with van der Waals surface area (Å²) in [6.07, 6.45) is 1.83. The van der Waals surface area contributed by atoms with E-state index in [0.717, 1.165) is 0 Å². The van der Waals surface area contributed by atoms with Gasteiger partial charge in [-0.3, -0.25) is 9.59 Å². The van der Waals surface area contributed by atoms with Crippen LogP contribution in [0.4, 0.5) is 5.69 Å². The number of benzene rings is 1. The number of Topliss-reactive ketones (excluding diaryl/α,β-unsaturated/α-hetero) is 1. The first-order valence-corrected chi connectivity index (χ1v) is 8.19. The molecule has 0 aromatic heterocycles. The molecule has 1 unspecified atom stereocenters. The van der Waals surface area contributed by atoms with Gasteiger partial charge in [-0.25, -0.2) is 0 Å². The third kappa shape index (κ3) is 4.68. The molecule has 1 atom stereocenters. The van der Waals surface area contributed by atoms with Crippen LogP contribution in [0.15, 0.2) is 21.8 Å². The number of hydrogen-bond donors (Lipinski definition) is 2. The van der Waals surface area contributed by atoms with Crippen LogP contribution >= 0.6 is 27.5 Å². The fraction of sp³-hybridized carbons (Fsp3) is 0.400. The molecule has 0 bridgehead atoms. The molecule has 0 saturated carbocycles. The van der Waals surface area contributed by atoms with Crippen LogP contribution in [0.3, 0.4) is 0 Å². The molecule has 1 rings (SSSR count). The first kappa shape index (κ1) is 19.4. The summed E-state index contributed by atoms with van der Waals surface area (Å²) in [6.45, 7) is 3.45. The number of oxime groups is 1. The number of nitrogens with two attached hydrogens (primary N) is 1. The number of nitrogens with zero attached hydrogens (tertiary/aromatic N) is 1. The van der Waals surface area contributed by atoms with E-state index in [9.17, 15) is 9.59 Å². The highest BCUT2D eigenvalue weighted by Crippen LogP contribution is 2.25. The number of alkyl halides is 1. The molecule has 0 aliphatic heterocycles. The Morgan fingerprint density at radius 2 is 2.17 bits per heavy atom. The van der Waals surface area contributed by atoms with E-state index in [2.05, 4.69) is 31.2 Å². The molecule has 0 aliphatic carbocycles. The number of nitrogen functional groups attached to an aromatic ring is 1. The number of anilines is 1. The fourth-order valence-electron chi connectivity index (χ4n) is 1.81. The minimum atomic E-state index is -1.02. The monoisotopic (exact) mass is 403 g/mol. The molecule has 0 spiro atoms. The number of carbonyl (C=O) groups is 2. The van der Waals surface area contributed by atoms with Crippen molar-refractivity contribution in [3.05, 3.63) is 27.7 Å². The lowest BCUT2D eigenvalue weighted by atomic mass is 9.93. The van der Waals surface area contributed by atoms with Gasteiger partial charge in [0.05, 0.1) is 23.3 Å². The Bertz CT molecular complexity index is 637. The van der Waals surface area contributed by atoms with Crippen molar-refractivity contribution in [2.75, 3.05) is 18.7 Å². The third-order valence-electron chi connectivity index (χ3n) is 3.55. The quantitative estimate of drug-likeness (QED) is 0.316. The number of nitrogens with one attached hydrogen (secondary N) is 1. The second-order valence-electron chi connectivity index (χ2n) is 5.07. The SMILES string of the molecule is CCC(C)(NC(=O)c1cc(Br)c(N)c(/C=N/OC)c1)C(=O)CCl. The Morgan fingerprint density at radius 3 is 2.70 bits per heavy atom. The molecule has 1 aromatic rings. The van der Waals surface area contributed by atoms with Gasteiger partial charge in [-0.15, -0.1) is 11.6 Å². The summed E-state index contributed by atoms with van der Waals surface area (Å²) in [6, 6.07) is 3.15. The van der Waals surface area contributed by atoms with Gasteiger partial charge in [-0.05, 0) is 41.4 Å². The largest absolute Gasteiger partial charge is 0.399 e. The molecule has 6 nitrogen and oxygen atoms in total. The van der Waals surface area contributed by atoms with Crippen molar-refractivity contribution in [3.8, 4) is 0 Å². The molecule has 1 amide bonds. The molecule has 23 heavy (non-hydrogen) atoms. The average molecular weight is 405 g/mol. The van der Waals surface area contributed by atoms with Crippen molar-refractivity contribution in [1.29, 1.82) is 0 Å². The lowest BCUT2D eigenvalue weighted by molar-refractivity contribution is -0.122. The molecule has 0 saturated heterocycles. The number of hydrogen-bond acceptors (Lipinski definition) is 5. The van der Waals surface area contributed by atoms with Gasteiger partial charge in [0, 0.05) is 15.6 Å². The number of amides is 1. The zero-order valence-electron chi connectivity index (χ0n) is 13.2. The van der Waals surface area contributed by atoms with Gasteiger partial charge >= 0.3 is 0 Å². The Hall–Kier alpha value is -1.60. The molecule has 0 aliphatic rings. The molecule has 0 fully saturated rings. The second-order valence-corrected chi connectivity index (χ2v) is 6.20. The van der Waals surface area contributed by atoms with E-state index in [0.29, 0.717) is 27.7 Å². The lowest BCUT2D eigenvalue weighted by Gasteiger charge is -2.27. The van der Waals surface area contributed by atoms with Crippen molar-refractivity contribution < 1.29 is 14.4 Å². The number of rotatable bonds is 7. The Labute approximate surface area is 148 Å². The molecule has 8 heteroatoms. The molecule has 0 radical (unpaired) electrons. The van der Waals surface area contributed by atoms with Crippen molar-refractivity contribution in [2.45, 2.75) is 25.8 Å². The third-order valence-corrected chi connectivity index (χ3v) is 4.45. The van der Waals surface area contributed by atoms with Crippen LogP contribution in [0.2, 0.25) is 0 Å². The van der Waals surface area contributed by atoms with Crippen LogP contribution in [-0.2, 0) is 9.63 Å². The number of halogens is 2. The smallest absolute Gasteiger partial charge is 0.252 e. The van der Waals surface area contributed by atoms with Crippen molar-refractivity contribution in [1.82, 2.24) is 5.32 Å². The summed E-state index contributed by atoms with van der Waals surface area (Å²) in [5, 5.41) is 6.38. The van der Waals surface area contributed by atoms with E-state index in [1.807, 2.05) is 0 Å². The van der Waals surface area contributed by atoms with E-state index in [1.54, 1.807) is 26.0 Å². The normalized spacial score (nSPS) is 13.6. The summed E-state index contributed by atoms with van der Waals surface area (Å²) in [5.41, 5.74) is 6.19. The van der Waals surface area contributed by atoms with Crippen molar-refractivity contribution in [3.63, 3.8) is 0 Å². The molecular formula is C15H19BrClN3O3. The van der Waals surface area contributed by atoms with E-state index < -0.39 is 11.4 Å². The van der Waals surface area contributed by atoms with Gasteiger partial charge in [0.15, 0.2) is 5.78 Å². The van der Waals surface area contributed by atoms with Crippen LogP contribution in [-0.4, -0.2) is 36.4 Å².